The van der Waals surface area contributed by atoms with Crippen LogP contribution in [0.4, 0.5) is 5.69 Å². The largest absolute Gasteiger partial charge is 0.385 e. The second-order valence-corrected chi connectivity index (χ2v) is 9.89. The fraction of sp³-hybridized carbons (Fsp3) is 0.182. The molecular weight excluding hydrogens is 470 g/mol. The van der Waals surface area contributed by atoms with Crippen LogP contribution in [0.2, 0.25) is 5.02 Å². The van der Waals surface area contributed by atoms with Gasteiger partial charge in [-0.3, -0.25) is 9.52 Å². The SMILES string of the molecule is COCCCNC(=O)c1ccc(Sc2ccc(NS(=O)(=O)c3ccc(Cl)cc3)cc2)nc1. The molecule has 0 aliphatic heterocycles. The van der Waals surface area contributed by atoms with E-state index >= 15 is 0 Å². The number of halogens is 1. The molecule has 0 aliphatic carbocycles. The third kappa shape index (κ3) is 6.96. The van der Waals surface area contributed by atoms with Gasteiger partial charge in [0.05, 0.1) is 10.5 Å². The molecule has 0 aliphatic rings. The molecule has 0 spiro atoms. The highest BCUT2D eigenvalue weighted by molar-refractivity contribution is 7.99. The average molecular weight is 492 g/mol. The fourth-order valence-electron chi connectivity index (χ4n) is 2.64. The summed E-state index contributed by atoms with van der Waals surface area (Å²) in [5.41, 5.74) is 0.927. The number of sulfonamides is 1. The van der Waals surface area contributed by atoms with E-state index in [0.29, 0.717) is 29.4 Å². The molecule has 1 heterocycles. The number of aromatic nitrogens is 1. The third-order valence-electron chi connectivity index (χ3n) is 4.26. The number of pyridine rings is 1. The van der Waals surface area contributed by atoms with Crippen molar-refractivity contribution in [2.75, 3.05) is 25.0 Å². The van der Waals surface area contributed by atoms with Crippen LogP contribution in [0.25, 0.3) is 0 Å². The lowest BCUT2D eigenvalue weighted by atomic mass is 10.2. The minimum absolute atomic E-state index is 0.132. The maximum atomic E-state index is 12.5. The number of rotatable bonds is 10. The number of nitrogens with zero attached hydrogens (tertiary/aromatic N) is 1. The number of hydrogen-bond acceptors (Lipinski definition) is 6. The van der Waals surface area contributed by atoms with Crippen LogP contribution >= 0.6 is 23.4 Å². The van der Waals surface area contributed by atoms with E-state index in [0.717, 1.165) is 16.3 Å². The Morgan fingerprint density at radius 1 is 1.06 bits per heavy atom. The molecule has 0 fully saturated rings. The lowest BCUT2D eigenvalue weighted by Gasteiger charge is -2.09. The van der Waals surface area contributed by atoms with Crippen molar-refractivity contribution in [3.63, 3.8) is 0 Å². The maximum absolute atomic E-state index is 12.5. The minimum Gasteiger partial charge on any atom is -0.385 e. The van der Waals surface area contributed by atoms with Crippen LogP contribution in [0.1, 0.15) is 16.8 Å². The Labute approximate surface area is 196 Å². The molecule has 0 saturated carbocycles. The van der Waals surface area contributed by atoms with Crippen molar-refractivity contribution in [3.05, 3.63) is 77.4 Å². The summed E-state index contributed by atoms with van der Waals surface area (Å²) in [6, 6.07) is 16.4. The predicted molar refractivity (Wildman–Crippen MR) is 126 cm³/mol. The Balaban J connectivity index is 1.57. The fourth-order valence-corrected chi connectivity index (χ4v) is 4.57. The van der Waals surface area contributed by atoms with E-state index in [1.165, 1.54) is 42.2 Å². The minimum atomic E-state index is -3.70. The van der Waals surface area contributed by atoms with Crippen LogP contribution in [0.3, 0.4) is 0 Å². The average Bonchev–Trinajstić information content (AvgIpc) is 2.78. The van der Waals surface area contributed by atoms with Gasteiger partial charge in [-0.25, -0.2) is 13.4 Å². The van der Waals surface area contributed by atoms with E-state index in [-0.39, 0.29) is 10.8 Å². The molecule has 3 aromatic rings. The van der Waals surface area contributed by atoms with E-state index in [4.69, 9.17) is 16.3 Å². The van der Waals surface area contributed by atoms with Crippen molar-refractivity contribution in [3.8, 4) is 0 Å². The zero-order chi connectivity index (χ0) is 23.0. The Bertz CT molecular complexity index is 1140. The van der Waals surface area contributed by atoms with Crippen LogP contribution < -0.4 is 10.0 Å². The molecule has 2 aromatic carbocycles. The first kappa shape index (κ1) is 24.1. The molecule has 168 valence electrons. The number of carbonyl (C=O) groups excluding carboxylic acids is 1. The van der Waals surface area contributed by atoms with Gasteiger partial charge in [-0.15, -0.1) is 0 Å². The zero-order valence-electron chi connectivity index (χ0n) is 17.2. The number of benzene rings is 2. The molecule has 2 N–H and O–H groups in total. The van der Waals surface area contributed by atoms with Gasteiger partial charge in [0.25, 0.3) is 15.9 Å². The molecule has 0 unspecified atom stereocenters. The first-order valence-corrected chi connectivity index (χ1v) is 12.3. The Morgan fingerprint density at radius 2 is 1.78 bits per heavy atom. The van der Waals surface area contributed by atoms with Gasteiger partial charge in [-0.1, -0.05) is 23.4 Å². The van der Waals surface area contributed by atoms with Gasteiger partial charge in [0, 0.05) is 42.1 Å². The molecular formula is C22H22ClN3O4S2. The summed E-state index contributed by atoms with van der Waals surface area (Å²) in [5.74, 6) is -0.178. The molecule has 7 nitrogen and oxygen atoms in total. The molecule has 0 saturated heterocycles. The van der Waals surface area contributed by atoms with Gasteiger partial charge in [0.15, 0.2) is 0 Å². The molecule has 0 radical (unpaired) electrons. The first-order valence-electron chi connectivity index (χ1n) is 9.67. The van der Waals surface area contributed by atoms with E-state index < -0.39 is 10.0 Å². The first-order chi connectivity index (χ1) is 15.4. The van der Waals surface area contributed by atoms with Crippen LogP contribution in [-0.4, -0.2) is 39.6 Å². The van der Waals surface area contributed by atoms with Crippen molar-refractivity contribution < 1.29 is 17.9 Å². The number of ether oxygens (including phenoxy) is 1. The number of hydrogen-bond donors (Lipinski definition) is 2. The highest BCUT2D eigenvalue weighted by Crippen LogP contribution is 2.28. The Hall–Kier alpha value is -2.59. The van der Waals surface area contributed by atoms with Crippen molar-refractivity contribution in [1.82, 2.24) is 10.3 Å². The molecule has 0 atom stereocenters. The number of methoxy groups -OCH3 is 1. The van der Waals surface area contributed by atoms with Crippen LogP contribution in [0, 0.1) is 0 Å². The summed E-state index contributed by atoms with van der Waals surface area (Å²) in [7, 11) is -2.08. The summed E-state index contributed by atoms with van der Waals surface area (Å²) >= 11 is 7.22. The van der Waals surface area contributed by atoms with Crippen LogP contribution in [0.15, 0.2) is 81.7 Å². The molecule has 3 rings (SSSR count). The van der Waals surface area contributed by atoms with E-state index in [2.05, 4.69) is 15.0 Å². The highest BCUT2D eigenvalue weighted by atomic mass is 35.5. The van der Waals surface area contributed by atoms with Crippen molar-refractivity contribution in [2.24, 2.45) is 0 Å². The highest BCUT2D eigenvalue weighted by Gasteiger charge is 2.14. The topological polar surface area (TPSA) is 97.4 Å². The van der Waals surface area contributed by atoms with E-state index in [1.807, 2.05) is 0 Å². The van der Waals surface area contributed by atoms with Gasteiger partial charge in [-0.05, 0) is 67.1 Å². The van der Waals surface area contributed by atoms with Gasteiger partial charge >= 0.3 is 0 Å². The standard InChI is InChI=1S/C22H22ClN3O4S2/c1-30-14-2-13-24-22(27)16-3-12-21(25-15-16)31-19-8-6-18(7-9-19)26-32(28,29)20-10-4-17(23)5-11-20/h3-12,15,26H,2,13-14H2,1H3,(H,24,27). The van der Waals surface area contributed by atoms with Gasteiger partial charge in [-0.2, -0.15) is 0 Å². The van der Waals surface area contributed by atoms with E-state index in [9.17, 15) is 13.2 Å². The van der Waals surface area contributed by atoms with Gasteiger partial charge < -0.3 is 10.1 Å². The number of amides is 1. The molecule has 0 bridgehead atoms. The molecule has 32 heavy (non-hydrogen) atoms. The van der Waals surface area contributed by atoms with Crippen molar-refractivity contribution in [2.45, 2.75) is 21.2 Å². The molecule has 10 heteroatoms. The lowest BCUT2D eigenvalue weighted by molar-refractivity contribution is 0.0948. The maximum Gasteiger partial charge on any atom is 0.261 e. The predicted octanol–water partition coefficient (Wildman–Crippen LogP) is 4.45. The zero-order valence-corrected chi connectivity index (χ0v) is 19.6. The quantitative estimate of drug-likeness (QED) is 0.406. The summed E-state index contributed by atoms with van der Waals surface area (Å²) < 4.78 is 32.4. The summed E-state index contributed by atoms with van der Waals surface area (Å²) in [6.07, 6.45) is 2.28. The Kier molecular flexibility index (Phi) is 8.52. The molecule has 1 amide bonds. The normalized spacial score (nSPS) is 11.2. The van der Waals surface area contributed by atoms with Crippen molar-refractivity contribution in [1.29, 1.82) is 0 Å². The Morgan fingerprint density at radius 3 is 2.41 bits per heavy atom. The smallest absolute Gasteiger partial charge is 0.261 e. The van der Waals surface area contributed by atoms with E-state index in [1.54, 1.807) is 43.5 Å². The van der Waals surface area contributed by atoms with Gasteiger partial charge in [0.2, 0.25) is 0 Å². The number of nitrogens with one attached hydrogen (secondary N) is 2. The van der Waals surface area contributed by atoms with Crippen molar-refractivity contribution >= 4 is 45.0 Å². The summed E-state index contributed by atoms with van der Waals surface area (Å²) in [6.45, 7) is 1.13. The van der Waals surface area contributed by atoms with Crippen LogP contribution in [-0.2, 0) is 14.8 Å². The number of anilines is 1. The second kappa shape index (κ2) is 11.3. The monoisotopic (exact) mass is 491 g/mol. The molecule has 1 aromatic heterocycles. The number of carbonyl (C=O) groups is 1. The summed E-state index contributed by atoms with van der Waals surface area (Å²) in [5, 5.41) is 4.00. The summed E-state index contributed by atoms with van der Waals surface area (Å²) in [4.78, 5) is 17.4. The third-order valence-corrected chi connectivity index (χ3v) is 6.87. The van der Waals surface area contributed by atoms with Crippen LogP contribution in [0.5, 0.6) is 0 Å². The van der Waals surface area contributed by atoms with Gasteiger partial charge in [0.1, 0.15) is 5.03 Å². The lowest BCUT2D eigenvalue weighted by Crippen LogP contribution is -2.25. The second-order valence-electron chi connectivity index (χ2n) is 6.67.